The van der Waals surface area contributed by atoms with Crippen LogP contribution in [0.2, 0.25) is 0 Å². The molecule has 1 fully saturated rings. The molecular weight excluding hydrogens is 250 g/mol. The highest BCUT2D eigenvalue weighted by atomic mass is 35.7. The van der Waals surface area contributed by atoms with E-state index in [1.54, 1.807) is 7.05 Å². The first kappa shape index (κ1) is 11.9. The van der Waals surface area contributed by atoms with E-state index in [0.717, 1.165) is 25.7 Å². The third-order valence-electron chi connectivity index (χ3n) is 3.30. The van der Waals surface area contributed by atoms with Crippen LogP contribution < -0.4 is 0 Å². The van der Waals surface area contributed by atoms with Gasteiger partial charge in [-0.25, -0.2) is 8.42 Å². The summed E-state index contributed by atoms with van der Waals surface area (Å²) in [6.07, 6.45) is 4.32. The van der Waals surface area contributed by atoms with Crippen molar-refractivity contribution in [3.05, 3.63) is 5.82 Å². The molecule has 0 amide bonds. The Hall–Kier alpha value is -0.620. The quantitative estimate of drug-likeness (QED) is 0.760. The molecule has 0 spiro atoms. The average molecular weight is 264 g/mol. The first-order chi connectivity index (χ1) is 7.34. The maximum Gasteiger partial charge on any atom is 0.296 e. The van der Waals surface area contributed by atoms with Crippen LogP contribution in [0, 0.1) is 0 Å². The maximum absolute atomic E-state index is 11.2. The molecule has 0 bridgehead atoms. The summed E-state index contributed by atoms with van der Waals surface area (Å²) in [5, 5.41) is 7.49. The molecule has 7 heteroatoms. The fourth-order valence-electron chi connectivity index (χ4n) is 2.43. The molecule has 90 valence electrons. The number of rotatable bonds is 2. The van der Waals surface area contributed by atoms with Crippen LogP contribution in [0.15, 0.2) is 5.16 Å². The van der Waals surface area contributed by atoms with Gasteiger partial charge in [0.1, 0.15) is 5.82 Å². The minimum atomic E-state index is -3.81. The van der Waals surface area contributed by atoms with Crippen LogP contribution in [0.25, 0.3) is 0 Å². The van der Waals surface area contributed by atoms with Crippen molar-refractivity contribution in [3.8, 4) is 0 Å². The van der Waals surface area contributed by atoms with Crippen molar-refractivity contribution in [2.75, 3.05) is 0 Å². The first-order valence-corrected chi connectivity index (χ1v) is 7.50. The Morgan fingerprint density at radius 3 is 2.31 bits per heavy atom. The Morgan fingerprint density at radius 1 is 1.31 bits per heavy atom. The van der Waals surface area contributed by atoms with Gasteiger partial charge in [-0.05, 0) is 12.8 Å². The zero-order valence-corrected chi connectivity index (χ0v) is 10.8. The third-order valence-corrected chi connectivity index (χ3v) is 4.51. The van der Waals surface area contributed by atoms with Crippen LogP contribution in [0.4, 0.5) is 0 Å². The summed E-state index contributed by atoms with van der Waals surface area (Å²) in [6, 6.07) is 0. The van der Waals surface area contributed by atoms with Gasteiger partial charge >= 0.3 is 0 Å². The molecule has 16 heavy (non-hydrogen) atoms. The first-order valence-electron chi connectivity index (χ1n) is 5.19. The average Bonchev–Trinajstić information content (AvgIpc) is 2.71. The topological polar surface area (TPSA) is 64.8 Å². The normalized spacial score (nSPS) is 20.2. The van der Waals surface area contributed by atoms with Gasteiger partial charge in [0.2, 0.25) is 0 Å². The van der Waals surface area contributed by atoms with Gasteiger partial charge in [0.05, 0.1) is 0 Å². The van der Waals surface area contributed by atoms with Crippen molar-refractivity contribution in [1.82, 2.24) is 14.8 Å². The van der Waals surface area contributed by atoms with E-state index in [4.69, 9.17) is 10.7 Å². The summed E-state index contributed by atoms with van der Waals surface area (Å²) in [7, 11) is 3.12. The summed E-state index contributed by atoms with van der Waals surface area (Å²) in [6.45, 7) is 2.09. The minimum absolute atomic E-state index is 0.0679. The Morgan fingerprint density at radius 2 is 1.88 bits per heavy atom. The Bertz CT molecular complexity index is 503. The van der Waals surface area contributed by atoms with E-state index >= 15 is 0 Å². The van der Waals surface area contributed by atoms with Gasteiger partial charge in [-0.15, -0.1) is 10.2 Å². The van der Waals surface area contributed by atoms with Crippen molar-refractivity contribution >= 4 is 19.7 Å². The number of halogens is 1. The second-order valence-corrected chi connectivity index (χ2v) is 7.03. The molecule has 0 atom stereocenters. The fraction of sp³-hybridized carbons (Fsp3) is 0.778. The van der Waals surface area contributed by atoms with E-state index in [-0.39, 0.29) is 10.6 Å². The summed E-state index contributed by atoms with van der Waals surface area (Å²) in [5.41, 5.74) is -0.0679. The van der Waals surface area contributed by atoms with Gasteiger partial charge < -0.3 is 4.57 Å². The molecule has 0 saturated heterocycles. The molecule has 0 N–H and O–H groups in total. The van der Waals surface area contributed by atoms with Gasteiger partial charge in [0, 0.05) is 23.1 Å². The molecule has 5 nitrogen and oxygen atoms in total. The lowest BCUT2D eigenvalue weighted by Crippen LogP contribution is -2.22. The van der Waals surface area contributed by atoms with Gasteiger partial charge in [-0.1, -0.05) is 19.8 Å². The molecule has 1 aliphatic rings. The second kappa shape index (κ2) is 3.70. The summed E-state index contributed by atoms with van der Waals surface area (Å²) in [4.78, 5) is 0. The Balaban J connectivity index is 2.49. The number of hydrogen-bond acceptors (Lipinski definition) is 4. The molecule has 0 unspecified atom stereocenters. The van der Waals surface area contributed by atoms with Crippen LogP contribution in [-0.4, -0.2) is 23.2 Å². The van der Waals surface area contributed by atoms with Gasteiger partial charge in [-0.2, -0.15) is 0 Å². The van der Waals surface area contributed by atoms with Gasteiger partial charge in [0.15, 0.2) is 0 Å². The van der Waals surface area contributed by atoms with Crippen LogP contribution in [-0.2, 0) is 21.5 Å². The van der Waals surface area contributed by atoms with Gasteiger partial charge in [-0.3, -0.25) is 0 Å². The van der Waals surface area contributed by atoms with Crippen LogP contribution in [0.1, 0.15) is 38.4 Å². The zero-order valence-electron chi connectivity index (χ0n) is 9.27. The lowest BCUT2D eigenvalue weighted by Gasteiger charge is -2.21. The molecule has 2 rings (SSSR count). The van der Waals surface area contributed by atoms with Crippen LogP contribution in [0.3, 0.4) is 0 Å². The molecule has 0 radical (unpaired) electrons. The molecule has 1 saturated carbocycles. The highest BCUT2D eigenvalue weighted by Crippen LogP contribution is 2.39. The minimum Gasteiger partial charge on any atom is -0.303 e. The maximum atomic E-state index is 11.2. The SMILES string of the molecule is Cn1c(C2(C)CCCC2)nnc1S(=O)(=O)Cl. The zero-order chi connectivity index (χ0) is 12.0. The largest absolute Gasteiger partial charge is 0.303 e. The lowest BCUT2D eigenvalue weighted by molar-refractivity contribution is 0.437. The van der Waals surface area contributed by atoms with Crippen molar-refractivity contribution in [2.45, 2.75) is 43.2 Å². The van der Waals surface area contributed by atoms with E-state index in [0.29, 0.717) is 5.82 Å². The Labute approximate surface area is 99.2 Å². The van der Waals surface area contributed by atoms with E-state index in [1.807, 2.05) is 0 Å². The van der Waals surface area contributed by atoms with E-state index in [9.17, 15) is 8.42 Å². The predicted molar refractivity (Wildman–Crippen MR) is 59.9 cm³/mol. The van der Waals surface area contributed by atoms with Gasteiger partial charge in [0.25, 0.3) is 14.2 Å². The highest BCUT2D eigenvalue weighted by molar-refractivity contribution is 8.13. The molecular formula is C9H14ClN3O2S. The molecule has 0 aromatic carbocycles. The van der Waals surface area contributed by atoms with Crippen molar-refractivity contribution in [3.63, 3.8) is 0 Å². The fourth-order valence-corrected chi connectivity index (χ4v) is 3.39. The summed E-state index contributed by atoms with van der Waals surface area (Å²) in [5.74, 6) is 0.712. The van der Waals surface area contributed by atoms with Crippen LogP contribution >= 0.6 is 10.7 Å². The van der Waals surface area contributed by atoms with Crippen molar-refractivity contribution in [2.24, 2.45) is 7.05 Å². The van der Waals surface area contributed by atoms with E-state index < -0.39 is 9.05 Å². The number of hydrogen-bond donors (Lipinski definition) is 0. The van der Waals surface area contributed by atoms with Crippen molar-refractivity contribution < 1.29 is 8.42 Å². The predicted octanol–water partition coefficient (Wildman–Crippen LogP) is 1.57. The second-order valence-electron chi connectivity index (χ2n) is 4.57. The molecule has 1 aromatic rings. The smallest absolute Gasteiger partial charge is 0.296 e. The van der Waals surface area contributed by atoms with Crippen molar-refractivity contribution in [1.29, 1.82) is 0 Å². The lowest BCUT2D eigenvalue weighted by atomic mass is 9.88. The molecule has 1 aliphatic carbocycles. The molecule has 0 aliphatic heterocycles. The monoisotopic (exact) mass is 263 g/mol. The van der Waals surface area contributed by atoms with E-state index in [2.05, 4.69) is 17.1 Å². The Kier molecular flexibility index (Phi) is 2.74. The summed E-state index contributed by atoms with van der Waals surface area (Å²) < 4.78 is 24.0. The van der Waals surface area contributed by atoms with Crippen LogP contribution in [0.5, 0.6) is 0 Å². The standard InChI is InChI=1S/C9H14ClN3O2S/c1-9(5-3-4-6-9)7-11-12-8(13(7)2)16(10,14)15/h3-6H2,1-2H3. The summed E-state index contributed by atoms with van der Waals surface area (Å²) >= 11 is 0. The van der Waals surface area contributed by atoms with E-state index in [1.165, 1.54) is 4.57 Å². The highest BCUT2D eigenvalue weighted by Gasteiger charge is 2.36. The molecule has 1 heterocycles. The number of nitrogens with zero attached hydrogens (tertiary/aromatic N) is 3. The third kappa shape index (κ3) is 1.84. The molecule has 1 aromatic heterocycles. The number of aromatic nitrogens is 3.